The zero-order valence-corrected chi connectivity index (χ0v) is 13.8. The summed E-state index contributed by atoms with van der Waals surface area (Å²) in [4.78, 5) is 11.1. The number of rotatable bonds is 15. The van der Waals surface area contributed by atoms with Crippen molar-refractivity contribution in [3.8, 4) is 0 Å². The molecule has 0 aromatic heterocycles. The Morgan fingerprint density at radius 3 is 2.05 bits per heavy atom. The zero-order chi connectivity index (χ0) is 15.1. The van der Waals surface area contributed by atoms with Gasteiger partial charge in [0.25, 0.3) is 0 Å². The van der Waals surface area contributed by atoms with Gasteiger partial charge in [-0.15, -0.1) is 0 Å². The van der Waals surface area contributed by atoms with Gasteiger partial charge < -0.3 is 11.1 Å². The van der Waals surface area contributed by atoms with E-state index in [-0.39, 0.29) is 5.91 Å². The number of carbonyl (C=O) groups excluding carboxylic acids is 1. The van der Waals surface area contributed by atoms with Gasteiger partial charge in [-0.1, -0.05) is 71.6 Å². The molecule has 0 saturated carbocycles. The second-order valence-corrected chi connectivity index (χ2v) is 5.94. The van der Waals surface area contributed by atoms with Gasteiger partial charge in [-0.2, -0.15) is 0 Å². The first-order valence-electron chi connectivity index (χ1n) is 8.72. The van der Waals surface area contributed by atoms with E-state index in [1.165, 1.54) is 64.2 Å². The third-order valence-corrected chi connectivity index (χ3v) is 3.82. The highest BCUT2D eigenvalue weighted by Gasteiger charge is 2.10. The first kappa shape index (κ1) is 19.4. The molecule has 0 aliphatic carbocycles. The van der Waals surface area contributed by atoms with Crippen LogP contribution in [0, 0.1) is 0 Å². The Balaban J connectivity index is 3.61. The fraction of sp³-hybridized carbons (Fsp3) is 0.941. The largest absolute Gasteiger partial charge is 0.370 e. The predicted octanol–water partition coefficient (Wildman–Crippen LogP) is 4.15. The van der Waals surface area contributed by atoms with Crippen molar-refractivity contribution >= 4 is 5.91 Å². The average molecular weight is 284 g/mol. The van der Waals surface area contributed by atoms with Crippen molar-refractivity contribution in [1.29, 1.82) is 0 Å². The summed E-state index contributed by atoms with van der Waals surface area (Å²) in [6.07, 6.45) is 14.5. The second-order valence-electron chi connectivity index (χ2n) is 5.94. The summed E-state index contributed by atoms with van der Waals surface area (Å²) >= 11 is 0. The summed E-state index contributed by atoms with van der Waals surface area (Å²) in [6.45, 7) is 5.47. The minimum absolute atomic E-state index is 0.180. The molecule has 1 amide bonds. The van der Waals surface area contributed by atoms with Gasteiger partial charge in [0, 0.05) is 12.5 Å². The Morgan fingerprint density at radius 2 is 1.45 bits per heavy atom. The fourth-order valence-corrected chi connectivity index (χ4v) is 2.55. The van der Waals surface area contributed by atoms with Gasteiger partial charge in [0.15, 0.2) is 0 Å². The first-order chi connectivity index (χ1) is 9.70. The Hall–Kier alpha value is -0.570. The number of nitrogens with one attached hydrogen (secondary N) is 1. The molecule has 0 aromatic rings. The van der Waals surface area contributed by atoms with Crippen molar-refractivity contribution in [2.75, 3.05) is 6.54 Å². The maximum Gasteiger partial charge on any atom is 0.218 e. The molecule has 0 aliphatic heterocycles. The SMILES string of the molecule is CCCCCCCCC[C@@H](CC(N)=O)NCCCCC. The molecule has 0 aliphatic rings. The summed E-state index contributed by atoms with van der Waals surface area (Å²) in [5.74, 6) is -0.180. The van der Waals surface area contributed by atoms with E-state index in [0.717, 1.165) is 13.0 Å². The minimum atomic E-state index is -0.180. The second kappa shape index (κ2) is 14.8. The van der Waals surface area contributed by atoms with Crippen LogP contribution < -0.4 is 11.1 Å². The molecule has 0 bridgehead atoms. The van der Waals surface area contributed by atoms with E-state index in [4.69, 9.17) is 5.73 Å². The van der Waals surface area contributed by atoms with Crippen LogP contribution in [0.15, 0.2) is 0 Å². The number of primary amides is 1. The third-order valence-electron chi connectivity index (χ3n) is 3.82. The predicted molar refractivity (Wildman–Crippen MR) is 87.7 cm³/mol. The standard InChI is InChI=1S/C17H36N2O/c1-3-5-7-8-9-10-11-13-16(15-17(18)20)19-14-12-6-4-2/h16,19H,3-15H2,1-2H3,(H2,18,20)/t16-/m0/s1. The number of hydrogen-bond donors (Lipinski definition) is 2. The van der Waals surface area contributed by atoms with Crippen molar-refractivity contribution < 1.29 is 4.79 Å². The van der Waals surface area contributed by atoms with Crippen LogP contribution in [0.4, 0.5) is 0 Å². The van der Waals surface area contributed by atoms with E-state index in [9.17, 15) is 4.79 Å². The number of carbonyl (C=O) groups is 1. The average Bonchev–Trinajstić information content (AvgIpc) is 2.41. The summed E-state index contributed by atoms with van der Waals surface area (Å²) in [6, 6.07) is 0.292. The van der Waals surface area contributed by atoms with E-state index < -0.39 is 0 Å². The molecule has 0 saturated heterocycles. The van der Waals surface area contributed by atoms with Gasteiger partial charge in [0.2, 0.25) is 5.91 Å². The highest BCUT2D eigenvalue weighted by Crippen LogP contribution is 2.11. The van der Waals surface area contributed by atoms with Crippen LogP contribution in [0.1, 0.15) is 90.9 Å². The van der Waals surface area contributed by atoms with E-state index in [2.05, 4.69) is 19.2 Å². The minimum Gasteiger partial charge on any atom is -0.370 e. The van der Waals surface area contributed by atoms with Crippen LogP contribution in [0.25, 0.3) is 0 Å². The van der Waals surface area contributed by atoms with Gasteiger partial charge in [0.1, 0.15) is 0 Å². The van der Waals surface area contributed by atoms with E-state index >= 15 is 0 Å². The molecular formula is C17H36N2O. The monoisotopic (exact) mass is 284 g/mol. The molecular weight excluding hydrogens is 248 g/mol. The summed E-state index contributed by atoms with van der Waals surface area (Å²) in [5.41, 5.74) is 5.33. The van der Waals surface area contributed by atoms with Gasteiger partial charge in [0.05, 0.1) is 0 Å². The molecule has 0 rings (SSSR count). The zero-order valence-electron chi connectivity index (χ0n) is 13.8. The van der Waals surface area contributed by atoms with Gasteiger partial charge in [-0.3, -0.25) is 4.79 Å². The Labute approximate surface area is 126 Å². The normalized spacial score (nSPS) is 12.5. The molecule has 0 fully saturated rings. The summed E-state index contributed by atoms with van der Waals surface area (Å²) in [7, 11) is 0. The summed E-state index contributed by atoms with van der Waals surface area (Å²) < 4.78 is 0. The molecule has 0 heterocycles. The lowest BCUT2D eigenvalue weighted by Crippen LogP contribution is -2.34. The molecule has 3 N–H and O–H groups in total. The summed E-state index contributed by atoms with van der Waals surface area (Å²) in [5, 5.41) is 3.50. The van der Waals surface area contributed by atoms with E-state index in [0.29, 0.717) is 12.5 Å². The first-order valence-corrected chi connectivity index (χ1v) is 8.72. The molecule has 120 valence electrons. The van der Waals surface area contributed by atoms with Crippen LogP contribution in [0.3, 0.4) is 0 Å². The molecule has 20 heavy (non-hydrogen) atoms. The topological polar surface area (TPSA) is 55.1 Å². The lowest BCUT2D eigenvalue weighted by atomic mass is 10.0. The third kappa shape index (κ3) is 13.9. The van der Waals surface area contributed by atoms with Gasteiger partial charge in [-0.25, -0.2) is 0 Å². The highest BCUT2D eigenvalue weighted by atomic mass is 16.1. The van der Waals surface area contributed by atoms with E-state index in [1.54, 1.807) is 0 Å². The number of unbranched alkanes of at least 4 members (excludes halogenated alkanes) is 8. The Bertz CT molecular complexity index is 219. The molecule has 1 atom stereocenters. The van der Waals surface area contributed by atoms with Crippen molar-refractivity contribution in [3.05, 3.63) is 0 Å². The quantitative estimate of drug-likeness (QED) is 0.444. The lowest BCUT2D eigenvalue weighted by Gasteiger charge is -2.17. The van der Waals surface area contributed by atoms with Crippen molar-refractivity contribution in [3.63, 3.8) is 0 Å². The van der Waals surface area contributed by atoms with Crippen LogP contribution in [-0.4, -0.2) is 18.5 Å². The molecule has 0 unspecified atom stereocenters. The van der Waals surface area contributed by atoms with Crippen LogP contribution >= 0.6 is 0 Å². The van der Waals surface area contributed by atoms with Crippen LogP contribution in [-0.2, 0) is 4.79 Å². The van der Waals surface area contributed by atoms with Crippen molar-refractivity contribution in [2.45, 2.75) is 96.9 Å². The maximum atomic E-state index is 11.1. The molecule has 0 aromatic carbocycles. The van der Waals surface area contributed by atoms with Crippen molar-refractivity contribution in [2.24, 2.45) is 5.73 Å². The highest BCUT2D eigenvalue weighted by molar-refractivity contribution is 5.74. The number of amides is 1. The van der Waals surface area contributed by atoms with E-state index in [1.807, 2.05) is 0 Å². The molecule has 0 radical (unpaired) electrons. The molecule has 0 spiro atoms. The smallest absolute Gasteiger partial charge is 0.218 e. The number of hydrogen-bond acceptors (Lipinski definition) is 2. The van der Waals surface area contributed by atoms with Crippen LogP contribution in [0.5, 0.6) is 0 Å². The fourth-order valence-electron chi connectivity index (χ4n) is 2.55. The lowest BCUT2D eigenvalue weighted by molar-refractivity contribution is -0.118. The molecule has 3 nitrogen and oxygen atoms in total. The molecule has 3 heteroatoms. The van der Waals surface area contributed by atoms with Gasteiger partial charge in [-0.05, 0) is 19.4 Å². The van der Waals surface area contributed by atoms with Gasteiger partial charge >= 0.3 is 0 Å². The van der Waals surface area contributed by atoms with Crippen LogP contribution in [0.2, 0.25) is 0 Å². The number of nitrogens with two attached hydrogens (primary N) is 1. The Morgan fingerprint density at radius 1 is 0.900 bits per heavy atom. The maximum absolute atomic E-state index is 11.1. The van der Waals surface area contributed by atoms with Crippen molar-refractivity contribution in [1.82, 2.24) is 5.32 Å². The Kier molecular flexibility index (Phi) is 14.4.